The first-order valence-electron chi connectivity index (χ1n) is 5.80. The Labute approximate surface area is 111 Å². The zero-order valence-corrected chi connectivity index (χ0v) is 11.4. The number of urea groups is 1. The number of carboxylic acids is 1. The lowest BCUT2D eigenvalue weighted by Crippen LogP contribution is -2.46. The van der Waals surface area contributed by atoms with E-state index in [0.29, 0.717) is 0 Å². The van der Waals surface area contributed by atoms with E-state index >= 15 is 0 Å². The average Bonchev–Trinajstić information content (AvgIpc) is 2.24. The Morgan fingerprint density at radius 2 is 1.79 bits per heavy atom. The lowest BCUT2D eigenvalue weighted by Gasteiger charge is -2.21. The van der Waals surface area contributed by atoms with Crippen molar-refractivity contribution in [3.05, 3.63) is 0 Å². The van der Waals surface area contributed by atoms with E-state index in [1.165, 1.54) is 11.8 Å². The molecule has 110 valence electrons. The third kappa shape index (κ3) is 8.83. The van der Waals surface area contributed by atoms with Crippen molar-refractivity contribution in [1.82, 2.24) is 15.5 Å². The molecule has 0 aromatic heterocycles. The minimum atomic E-state index is -1.51. The molecule has 1 unspecified atom stereocenters. The summed E-state index contributed by atoms with van der Waals surface area (Å²) in [5.41, 5.74) is -1.51. The number of hydrogen-bond donors (Lipinski definition) is 4. The molecule has 0 aliphatic rings. The molecule has 0 fully saturated rings. The molecule has 0 aromatic rings. The zero-order chi connectivity index (χ0) is 15.1. The third-order valence-corrected chi connectivity index (χ3v) is 2.29. The van der Waals surface area contributed by atoms with Crippen LogP contribution in [0.5, 0.6) is 0 Å². The van der Waals surface area contributed by atoms with Gasteiger partial charge in [0.05, 0.1) is 12.0 Å². The molecule has 0 aliphatic heterocycles. The summed E-state index contributed by atoms with van der Waals surface area (Å²) in [6.07, 6.45) is -0.293. The fourth-order valence-corrected chi connectivity index (χ4v) is 1.23. The van der Waals surface area contributed by atoms with Gasteiger partial charge in [0.1, 0.15) is 0 Å². The van der Waals surface area contributed by atoms with Crippen LogP contribution >= 0.6 is 0 Å². The molecule has 8 heteroatoms. The van der Waals surface area contributed by atoms with Gasteiger partial charge in [-0.05, 0) is 6.92 Å². The van der Waals surface area contributed by atoms with Crippen molar-refractivity contribution in [3.63, 3.8) is 0 Å². The highest BCUT2D eigenvalue weighted by molar-refractivity contribution is 5.78. The van der Waals surface area contributed by atoms with Crippen molar-refractivity contribution in [2.24, 2.45) is 0 Å². The van der Waals surface area contributed by atoms with Gasteiger partial charge in [-0.15, -0.1) is 0 Å². The number of amides is 3. The Morgan fingerprint density at radius 3 is 2.26 bits per heavy atom. The monoisotopic (exact) mass is 275 g/mol. The zero-order valence-electron chi connectivity index (χ0n) is 11.4. The molecule has 0 saturated heterocycles. The summed E-state index contributed by atoms with van der Waals surface area (Å²) >= 11 is 0. The number of rotatable bonds is 7. The van der Waals surface area contributed by atoms with Crippen molar-refractivity contribution in [2.45, 2.75) is 25.4 Å². The van der Waals surface area contributed by atoms with Crippen LogP contribution in [0.15, 0.2) is 0 Å². The Hall–Kier alpha value is -1.83. The Morgan fingerprint density at radius 1 is 1.21 bits per heavy atom. The largest absolute Gasteiger partial charge is 0.481 e. The van der Waals surface area contributed by atoms with Gasteiger partial charge in [-0.3, -0.25) is 9.59 Å². The highest BCUT2D eigenvalue weighted by Crippen LogP contribution is 2.06. The first kappa shape index (κ1) is 17.2. The van der Waals surface area contributed by atoms with E-state index in [4.69, 9.17) is 5.11 Å². The van der Waals surface area contributed by atoms with Gasteiger partial charge >= 0.3 is 12.0 Å². The molecule has 19 heavy (non-hydrogen) atoms. The predicted molar refractivity (Wildman–Crippen MR) is 67.6 cm³/mol. The maximum absolute atomic E-state index is 11.3. The average molecular weight is 275 g/mol. The van der Waals surface area contributed by atoms with Crippen LogP contribution in [-0.2, 0) is 9.59 Å². The van der Waals surface area contributed by atoms with Crippen LogP contribution in [0, 0.1) is 0 Å². The fraction of sp³-hybridized carbons (Fsp3) is 0.727. The summed E-state index contributed by atoms with van der Waals surface area (Å²) in [4.78, 5) is 34.4. The van der Waals surface area contributed by atoms with Crippen LogP contribution in [0.4, 0.5) is 4.79 Å². The number of carbonyl (C=O) groups excluding carboxylic acids is 2. The molecule has 0 radical (unpaired) electrons. The quantitative estimate of drug-likeness (QED) is 0.474. The molecule has 0 aliphatic carbocycles. The smallest absolute Gasteiger partial charge is 0.314 e. The summed E-state index contributed by atoms with van der Waals surface area (Å²) in [7, 11) is 3.23. The molecule has 0 saturated carbocycles. The maximum atomic E-state index is 11.3. The summed E-state index contributed by atoms with van der Waals surface area (Å²) in [5, 5.41) is 23.0. The van der Waals surface area contributed by atoms with E-state index in [0.717, 1.165) is 0 Å². The van der Waals surface area contributed by atoms with Gasteiger partial charge in [0.15, 0.2) is 0 Å². The fourth-order valence-electron chi connectivity index (χ4n) is 1.23. The van der Waals surface area contributed by atoms with Crippen LogP contribution in [-0.4, -0.2) is 65.8 Å². The van der Waals surface area contributed by atoms with Gasteiger partial charge in [-0.25, -0.2) is 4.79 Å². The molecule has 8 nitrogen and oxygen atoms in total. The number of aliphatic hydroxyl groups is 1. The molecule has 0 aromatic carbocycles. The highest BCUT2D eigenvalue weighted by atomic mass is 16.4. The number of carbonyl (C=O) groups is 3. The van der Waals surface area contributed by atoms with Crippen LogP contribution in [0.3, 0.4) is 0 Å². The third-order valence-electron chi connectivity index (χ3n) is 2.29. The van der Waals surface area contributed by atoms with Gasteiger partial charge in [0.25, 0.3) is 0 Å². The number of aliphatic carboxylic acids is 1. The highest BCUT2D eigenvalue weighted by Gasteiger charge is 2.24. The van der Waals surface area contributed by atoms with Crippen molar-refractivity contribution in [2.75, 3.05) is 27.2 Å². The van der Waals surface area contributed by atoms with E-state index in [1.807, 2.05) is 0 Å². The van der Waals surface area contributed by atoms with Crippen molar-refractivity contribution in [1.29, 1.82) is 0 Å². The summed E-state index contributed by atoms with van der Waals surface area (Å²) in [6.45, 7) is 1.30. The van der Waals surface area contributed by atoms with Crippen molar-refractivity contribution in [3.8, 4) is 0 Å². The molecule has 1 atom stereocenters. The Balaban J connectivity index is 3.87. The predicted octanol–water partition coefficient (Wildman–Crippen LogP) is -1.01. The van der Waals surface area contributed by atoms with Crippen LogP contribution in [0.1, 0.15) is 19.8 Å². The van der Waals surface area contributed by atoms with Gasteiger partial charge in [0, 0.05) is 33.6 Å². The molecule has 4 N–H and O–H groups in total. The molecule has 0 bridgehead atoms. The van der Waals surface area contributed by atoms with Gasteiger partial charge in [-0.2, -0.15) is 0 Å². The van der Waals surface area contributed by atoms with Crippen LogP contribution in [0.25, 0.3) is 0 Å². The Kier molecular flexibility index (Phi) is 6.84. The van der Waals surface area contributed by atoms with Crippen molar-refractivity contribution < 1.29 is 24.6 Å². The normalized spacial score (nSPS) is 13.3. The molecular formula is C11H21N3O5. The second kappa shape index (κ2) is 7.57. The van der Waals surface area contributed by atoms with E-state index in [-0.39, 0.29) is 25.4 Å². The Bertz CT molecular complexity index is 341. The molecule has 0 rings (SSSR count). The van der Waals surface area contributed by atoms with Crippen molar-refractivity contribution >= 4 is 17.9 Å². The van der Waals surface area contributed by atoms with Gasteiger partial charge < -0.3 is 25.7 Å². The van der Waals surface area contributed by atoms with Gasteiger partial charge in [0.2, 0.25) is 5.91 Å². The standard InChI is InChI=1S/C11H21N3O5/c1-11(19,6-9(16)17)7-13-10(18)12-5-4-8(15)14(2)3/h19H,4-7H2,1-3H3,(H,16,17)(H2,12,13,18). The van der Waals surface area contributed by atoms with E-state index in [2.05, 4.69) is 10.6 Å². The topological polar surface area (TPSA) is 119 Å². The number of nitrogens with one attached hydrogen (secondary N) is 2. The van der Waals surface area contributed by atoms with Gasteiger partial charge in [-0.1, -0.05) is 0 Å². The number of hydrogen-bond acceptors (Lipinski definition) is 4. The molecule has 0 heterocycles. The minimum absolute atomic E-state index is 0.113. The second-order valence-corrected chi connectivity index (χ2v) is 4.72. The summed E-state index contributed by atoms with van der Waals surface area (Å²) in [5.74, 6) is -1.26. The summed E-state index contributed by atoms with van der Waals surface area (Å²) in [6, 6.07) is -0.558. The van der Waals surface area contributed by atoms with E-state index in [1.54, 1.807) is 14.1 Å². The maximum Gasteiger partial charge on any atom is 0.314 e. The first-order chi connectivity index (χ1) is 8.64. The second-order valence-electron chi connectivity index (χ2n) is 4.72. The lowest BCUT2D eigenvalue weighted by atomic mass is 10.0. The lowest BCUT2D eigenvalue weighted by molar-refractivity contribution is -0.141. The molecule has 0 spiro atoms. The van der Waals surface area contributed by atoms with E-state index in [9.17, 15) is 19.5 Å². The molecule has 3 amide bonds. The number of carboxylic acid groups (broad SMARTS) is 1. The van der Waals surface area contributed by atoms with Crippen LogP contribution < -0.4 is 10.6 Å². The van der Waals surface area contributed by atoms with E-state index < -0.39 is 24.0 Å². The minimum Gasteiger partial charge on any atom is -0.481 e. The number of nitrogens with zero attached hydrogens (tertiary/aromatic N) is 1. The molecular weight excluding hydrogens is 254 g/mol. The summed E-state index contributed by atoms with van der Waals surface area (Å²) < 4.78 is 0. The van der Waals surface area contributed by atoms with Crippen LogP contribution in [0.2, 0.25) is 0 Å². The first-order valence-corrected chi connectivity index (χ1v) is 5.80. The SMILES string of the molecule is CN(C)C(=O)CCNC(=O)NCC(C)(O)CC(=O)O.